The van der Waals surface area contributed by atoms with Crippen LogP contribution < -0.4 is 5.32 Å². The number of nitrogens with zero attached hydrogens (tertiary/aromatic N) is 3. The van der Waals surface area contributed by atoms with Gasteiger partial charge in [-0.3, -0.25) is 0 Å². The zero-order chi connectivity index (χ0) is 16.1. The van der Waals surface area contributed by atoms with Gasteiger partial charge in [-0.1, -0.05) is 31.4 Å². The monoisotopic (exact) mass is 314 g/mol. The fourth-order valence-electron chi connectivity index (χ4n) is 2.86. The van der Waals surface area contributed by atoms with Gasteiger partial charge in [0.25, 0.3) is 0 Å². The van der Waals surface area contributed by atoms with Gasteiger partial charge >= 0.3 is 0 Å². The quantitative estimate of drug-likeness (QED) is 0.388. The molecule has 0 spiro atoms. The van der Waals surface area contributed by atoms with Crippen molar-refractivity contribution in [1.82, 2.24) is 20.3 Å². The van der Waals surface area contributed by atoms with E-state index in [9.17, 15) is 15.3 Å². The first-order valence-corrected chi connectivity index (χ1v) is 7.88. The van der Waals surface area contributed by atoms with E-state index in [0.29, 0.717) is 12.1 Å². The maximum absolute atomic E-state index is 10.2. The molecule has 2 rings (SSSR count). The summed E-state index contributed by atoms with van der Waals surface area (Å²) in [4.78, 5) is 0. The van der Waals surface area contributed by atoms with Gasteiger partial charge < -0.3 is 25.7 Å². The van der Waals surface area contributed by atoms with E-state index in [2.05, 4.69) is 22.6 Å². The molecule has 1 saturated heterocycles. The zero-order valence-corrected chi connectivity index (χ0v) is 12.8. The Balaban J connectivity index is 1.98. The molecule has 8 heteroatoms. The van der Waals surface area contributed by atoms with Crippen molar-refractivity contribution < 1.29 is 20.4 Å². The summed E-state index contributed by atoms with van der Waals surface area (Å²) in [5.74, 6) is 0. The minimum absolute atomic E-state index is 0.251. The summed E-state index contributed by atoms with van der Waals surface area (Å²) in [6.45, 7) is 2.13. The molecule has 1 aromatic rings. The highest BCUT2D eigenvalue weighted by Crippen LogP contribution is 2.21. The van der Waals surface area contributed by atoms with Crippen molar-refractivity contribution in [3.63, 3.8) is 0 Å². The maximum Gasteiger partial charge on any atom is 0.0990 e. The van der Waals surface area contributed by atoms with Crippen LogP contribution in [-0.4, -0.2) is 66.3 Å². The van der Waals surface area contributed by atoms with E-state index in [1.165, 1.54) is 6.20 Å². The minimum atomic E-state index is -1.02. The molecular formula is C14H26N4O4. The number of nitrogens with one attached hydrogen (secondary N) is 1. The van der Waals surface area contributed by atoms with E-state index >= 15 is 0 Å². The molecule has 1 fully saturated rings. The van der Waals surface area contributed by atoms with Gasteiger partial charge in [-0.05, 0) is 6.42 Å². The van der Waals surface area contributed by atoms with E-state index in [-0.39, 0.29) is 13.2 Å². The van der Waals surface area contributed by atoms with Crippen molar-refractivity contribution in [2.24, 2.45) is 0 Å². The first-order chi connectivity index (χ1) is 10.6. The molecule has 0 aromatic carbocycles. The number of aliphatic hydroxyl groups is 4. The lowest BCUT2D eigenvalue weighted by Crippen LogP contribution is -2.38. The Bertz CT molecular complexity index is 456. The second-order valence-electron chi connectivity index (χ2n) is 5.90. The van der Waals surface area contributed by atoms with E-state index < -0.39 is 30.4 Å². The average Bonchev–Trinajstić information content (AvgIpc) is 3.07. The van der Waals surface area contributed by atoms with Crippen LogP contribution in [0.1, 0.15) is 44.4 Å². The predicted molar refractivity (Wildman–Crippen MR) is 78.9 cm³/mol. The number of aromatic nitrogens is 3. The summed E-state index contributed by atoms with van der Waals surface area (Å²) in [7, 11) is 0. The van der Waals surface area contributed by atoms with E-state index in [1.54, 1.807) is 4.68 Å². The SMILES string of the molecule is CCCCC[C@@H](O)c1cnnn1C[C@H]1N[C@H](CO)[C@@H](O)[C@@H]1O. The van der Waals surface area contributed by atoms with Crippen molar-refractivity contribution in [3.8, 4) is 0 Å². The van der Waals surface area contributed by atoms with Crippen molar-refractivity contribution in [2.45, 2.75) is 69.5 Å². The third kappa shape index (κ3) is 3.82. The molecule has 1 aliphatic rings. The highest BCUT2D eigenvalue weighted by atomic mass is 16.3. The van der Waals surface area contributed by atoms with Gasteiger partial charge in [0.1, 0.15) is 0 Å². The molecule has 0 amide bonds. The molecule has 2 heterocycles. The molecule has 5 N–H and O–H groups in total. The van der Waals surface area contributed by atoms with Gasteiger partial charge in [0.15, 0.2) is 0 Å². The lowest BCUT2D eigenvalue weighted by Gasteiger charge is -2.18. The van der Waals surface area contributed by atoms with Crippen molar-refractivity contribution in [1.29, 1.82) is 0 Å². The largest absolute Gasteiger partial charge is 0.395 e. The molecule has 8 nitrogen and oxygen atoms in total. The Morgan fingerprint density at radius 1 is 1.27 bits per heavy atom. The number of unbranched alkanes of at least 4 members (excludes halogenated alkanes) is 2. The highest BCUT2D eigenvalue weighted by Gasteiger charge is 2.41. The van der Waals surface area contributed by atoms with E-state index in [0.717, 1.165) is 19.3 Å². The Kier molecular flexibility index (Phi) is 6.27. The second-order valence-corrected chi connectivity index (χ2v) is 5.90. The van der Waals surface area contributed by atoms with Gasteiger partial charge in [0.2, 0.25) is 0 Å². The third-order valence-corrected chi connectivity index (χ3v) is 4.24. The van der Waals surface area contributed by atoms with Gasteiger partial charge in [-0.25, -0.2) is 4.68 Å². The molecule has 1 aliphatic heterocycles. The summed E-state index contributed by atoms with van der Waals surface area (Å²) < 4.78 is 1.55. The first-order valence-electron chi connectivity index (χ1n) is 7.88. The standard InChI is InChI=1S/C14H26N4O4/c1-2-3-4-5-12(20)11-6-15-17-18(11)7-9-13(21)14(22)10(8-19)16-9/h6,9-10,12-14,16,19-22H,2-5,7-8H2,1H3/t9-,10-,12-,13-,14-/m1/s1. The molecular weight excluding hydrogens is 288 g/mol. The third-order valence-electron chi connectivity index (χ3n) is 4.24. The summed E-state index contributed by atoms with van der Waals surface area (Å²) in [6.07, 6.45) is 2.59. The van der Waals surface area contributed by atoms with Crippen LogP contribution in [0.15, 0.2) is 6.20 Å². The van der Waals surface area contributed by atoms with E-state index in [4.69, 9.17) is 5.11 Å². The van der Waals surface area contributed by atoms with Crippen molar-refractivity contribution in [2.75, 3.05) is 6.61 Å². The van der Waals surface area contributed by atoms with Crippen LogP contribution in [0.4, 0.5) is 0 Å². The van der Waals surface area contributed by atoms with E-state index in [1.807, 2.05) is 0 Å². The lowest BCUT2D eigenvalue weighted by atomic mass is 10.1. The zero-order valence-electron chi connectivity index (χ0n) is 12.8. The van der Waals surface area contributed by atoms with Crippen molar-refractivity contribution in [3.05, 3.63) is 11.9 Å². The highest BCUT2D eigenvalue weighted by molar-refractivity contribution is 5.02. The molecule has 0 unspecified atom stereocenters. The summed E-state index contributed by atoms with van der Waals surface area (Å²) in [6, 6.07) is -1.00. The topological polar surface area (TPSA) is 124 Å². The van der Waals surface area contributed by atoms with Gasteiger partial charge in [0.05, 0.1) is 55.4 Å². The van der Waals surface area contributed by atoms with Crippen LogP contribution in [0.5, 0.6) is 0 Å². The number of aliphatic hydroxyl groups excluding tert-OH is 4. The Hall–Kier alpha value is -1.06. The molecule has 5 atom stereocenters. The fourth-order valence-corrected chi connectivity index (χ4v) is 2.86. The Labute approximate surface area is 129 Å². The Morgan fingerprint density at radius 3 is 2.64 bits per heavy atom. The van der Waals surface area contributed by atoms with Crippen LogP contribution >= 0.6 is 0 Å². The van der Waals surface area contributed by atoms with Crippen LogP contribution in [-0.2, 0) is 6.54 Å². The minimum Gasteiger partial charge on any atom is -0.395 e. The fraction of sp³-hybridized carbons (Fsp3) is 0.857. The summed E-state index contributed by atoms with van der Waals surface area (Å²) in [5.41, 5.74) is 0.604. The van der Waals surface area contributed by atoms with Crippen LogP contribution in [0, 0.1) is 0 Å². The molecule has 22 heavy (non-hydrogen) atoms. The predicted octanol–water partition coefficient (Wildman–Crippen LogP) is -1.05. The van der Waals surface area contributed by atoms with Crippen molar-refractivity contribution >= 4 is 0 Å². The molecule has 0 aliphatic carbocycles. The molecule has 0 radical (unpaired) electrons. The smallest absolute Gasteiger partial charge is 0.0990 e. The number of hydrogen-bond donors (Lipinski definition) is 5. The van der Waals surface area contributed by atoms with Crippen LogP contribution in [0.2, 0.25) is 0 Å². The summed E-state index contributed by atoms with van der Waals surface area (Å²) in [5, 5.41) is 50.0. The molecule has 0 bridgehead atoms. The number of hydrogen-bond acceptors (Lipinski definition) is 7. The first kappa shape index (κ1) is 17.3. The summed E-state index contributed by atoms with van der Waals surface area (Å²) >= 11 is 0. The average molecular weight is 314 g/mol. The van der Waals surface area contributed by atoms with Crippen LogP contribution in [0.3, 0.4) is 0 Å². The number of rotatable bonds is 8. The normalized spacial score (nSPS) is 29.9. The van der Waals surface area contributed by atoms with Gasteiger partial charge in [-0.2, -0.15) is 0 Å². The maximum atomic E-state index is 10.2. The lowest BCUT2D eigenvalue weighted by molar-refractivity contribution is 0.0171. The van der Waals surface area contributed by atoms with Crippen LogP contribution in [0.25, 0.3) is 0 Å². The molecule has 1 aromatic heterocycles. The van der Waals surface area contributed by atoms with Gasteiger partial charge in [0, 0.05) is 0 Å². The molecule has 0 saturated carbocycles. The van der Waals surface area contributed by atoms with Gasteiger partial charge in [-0.15, -0.1) is 5.10 Å². The molecule has 126 valence electrons. The second kappa shape index (κ2) is 7.98. The Morgan fingerprint density at radius 2 is 2.00 bits per heavy atom.